The molecular weight excluding hydrogens is 164 g/mol. The highest BCUT2D eigenvalue weighted by atomic mass is 19.1. The molecule has 3 heteroatoms. The van der Waals surface area contributed by atoms with E-state index in [9.17, 15) is 4.39 Å². The fourth-order valence-electron chi connectivity index (χ4n) is 1.14. The van der Waals surface area contributed by atoms with Gasteiger partial charge in [0.25, 0.3) is 0 Å². The van der Waals surface area contributed by atoms with Crippen LogP contribution in [0, 0.1) is 5.82 Å². The van der Waals surface area contributed by atoms with Gasteiger partial charge in [-0.15, -0.1) is 0 Å². The van der Waals surface area contributed by atoms with Crippen LogP contribution in [0.15, 0.2) is 18.2 Å². The van der Waals surface area contributed by atoms with Crippen LogP contribution in [-0.2, 0) is 6.54 Å². The molecule has 13 heavy (non-hydrogen) atoms. The molecule has 1 aromatic carbocycles. The Hall–Kier alpha value is -0.825. The second-order valence-electron chi connectivity index (χ2n) is 3.62. The van der Waals surface area contributed by atoms with E-state index in [4.69, 9.17) is 0 Å². The number of benzene rings is 1. The maximum atomic E-state index is 12.9. The van der Waals surface area contributed by atoms with E-state index in [1.165, 1.54) is 6.07 Å². The topological polar surface area (TPSA) is 12.0 Å². The molecule has 0 fully saturated rings. The molecule has 0 aliphatic rings. The van der Waals surface area contributed by atoms with Crippen molar-refractivity contribution < 1.29 is 4.39 Å². The summed E-state index contributed by atoms with van der Waals surface area (Å²) in [4.78, 5) is 0. The Morgan fingerprint density at radius 3 is 2.69 bits per heavy atom. The molecule has 0 saturated heterocycles. The van der Waals surface area contributed by atoms with Crippen molar-refractivity contribution in [2.45, 2.75) is 26.4 Å². The van der Waals surface area contributed by atoms with Crippen LogP contribution in [-0.4, -0.2) is 13.9 Å². The van der Waals surface area contributed by atoms with Crippen LogP contribution in [0.4, 0.5) is 4.39 Å². The van der Waals surface area contributed by atoms with E-state index in [1.807, 2.05) is 12.1 Å². The van der Waals surface area contributed by atoms with Gasteiger partial charge in [0, 0.05) is 12.6 Å². The minimum absolute atomic E-state index is 0.131. The van der Waals surface area contributed by atoms with Gasteiger partial charge in [0.2, 0.25) is 0 Å². The molecule has 1 nitrogen and oxygen atoms in total. The average Bonchev–Trinajstić information content (AvgIpc) is 2.07. The highest BCUT2D eigenvalue weighted by Crippen LogP contribution is 1.99. The third-order valence-electron chi connectivity index (χ3n) is 1.94. The lowest BCUT2D eigenvalue weighted by molar-refractivity contribution is 0.587. The molecule has 0 heterocycles. The molecule has 0 radical (unpaired) electrons. The molecule has 1 N–H and O–H groups in total. The Bertz CT molecular complexity index is 286. The fourth-order valence-corrected chi connectivity index (χ4v) is 1.14. The Morgan fingerprint density at radius 1 is 1.46 bits per heavy atom. The number of nitrogens with one attached hydrogen (secondary N) is 1. The predicted octanol–water partition coefficient (Wildman–Crippen LogP) is 0.582. The van der Waals surface area contributed by atoms with Gasteiger partial charge in [0.15, 0.2) is 0 Å². The molecule has 0 amide bonds. The number of halogens is 1. The molecule has 0 aliphatic carbocycles. The second-order valence-corrected chi connectivity index (χ2v) is 3.62. The van der Waals surface area contributed by atoms with Crippen LogP contribution in [0.1, 0.15) is 19.4 Å². The normalized spacial score (nSPS) is 10.8. The zero-order chi connectivity index (χ0) is 9.84. The molecule has 0 aliphatic heterocycles. The second kappa shape index (κ2) is 4.42. The maximum Gasteiger partial charge on any atom is 0.143 e. The van der Waals surface area contributed by atoms with Crippen molar-refractivity contribution in [3.63, 3.8) is 0 Å². The van der Waals surface area contributed by atoms with Gasteiger partial charge >= 0.3 is 0 Å². The molecule has 0 atom stereocenters. The first-order valence-electron chi connectivity index (χ1n) is 4.58. The van der Waals surface area contributed by atoms with Gasteiger partial charge in [-0.25, -0.2) is 4.39 Å². The summed E-state index contributed by atoms with van der Waals surface area (Å²) < 4.78 is 12.9. The molecule has 0 bridgehead atoms. The van der Waals surface area contributed by atoms with Crippen molar-refractivity contribution in [2.75, 3.05) is 0 Å². The summed E-state index contributed by atoms with van der Waals surface area (Å²) in [6, 6.07) is 5.68. The van der Waals surface area contributed by atoms with E-state index in [0.29, 0.717) is 11.5 Å². The summed E-state index contributed by atoms with van der Waals surface area (Å²) in [6.07, 6.45) is 0. The van der Waals surface area contributed by atoms with Crippen molar-refractivity contribution in [1.82, 2.24) is 5.32 Å². The smallest absolute Gasteiger partial charge is 0.143 e. The van der Waals surface area contributed by atoms with E-state index in [2.05, 4.69) is 19.2 Å². The molecule has 1 rings (SSSR count). The van der Waals surface area contributed by atoms with Crippen molar-refractivity contribution >= 4 is 13.3 Å². The summed E-state index contributed by atoms with van der Waals surface area (Å²) in [7, 11) is 1.79. The Balaban J connectivity index is 2.63. The van der Waals surface area contributed by atoms with Gasteiger partial charge in [-0.3, -0.25) is 0 Å². The van der Waals surface area contributed by atoms with Crippen molar-refractivity contribution in [3.8, 4) is 0 Å². The van der Waals surface area contributed by atoms with Crippen LogP contribution in [0.3, 0.4) is 0 Å². The standard InChI is InChI=1S/C10H15BFN/c1-7(2)13-6-8-3-4-10(12)9(11)5-8/h3-5,7,13H,6,11H2,1-2H3. The zero-order valence-corrected chi connectivity index (χ0v) is 8.39. The van der Waals surface area contributed by atoms with Gasteiger partial charge in [0.1, 0.15) is 13.7 Å². The third kappa shape index (κ3) is 3.19. The number of hydrogen-bond donors (Lipinski definition) is 1. The monoisotopic (exact) mass is 179 g/mol. The first kappa shape index (κ1) is 10.3. The Kier molecular flexibility index (Phi) is 3.49. The number of rotatable bonds is 3. The molecule has 0 aromatic heterocycles. The van der Waals surface area contributed by atoms with Gasteiger partial charge < -0.3 is 5.32 Å². The van der Waals surface area contributed by atoms with Crippen molar-refractivity contribution in [1.29, 1.82) is 0 Å². The summed E-state index contributed by atoms with van der Waals surface area (Å²) in [5.41, 5.74) is 1.84. The van der Waals surface area contributed by atoms with E-state index < -0.39 is 0 Å². The molecule has 0 saturated carbocycles. The first-order chi connectivity index (χ1) is 6.09. The molecule has 1 aromatic rings. The Labute approximate surface area is 79.8 Å². The minimum Gasteiger partial charge on any atom is -0.310 e. The summed E-state index contributed by atoms with van der Waals surface area (Å²) in [6.45, 7) is 4.99. The lowest BCUT2D eigenvalue weighted by atomic mass is 9.93. The Morgan fingerprint density at radius 2 is 2.15 bits per heavy atom. The first-order valence-corrected chi connectivity index (χ1v) is 4.58. The molecule has 70 valence electrons. The summed E-state index contributed by atoms with van der Waals surface area (Å²) in [5.74, 6) is -0.131. The van der Waals surface area contributed by atoms with Crippen LogP contribution >= 0.6 is 0 Å². The van der Waals surface area contributed by atoms with Gasteiger partial charge in [-0.05, 0) is 11.6 Å². The van der Waals surface area contributed by atoms with E-state index in [0.717, 1.165) is 12.1 Å². The van der Waals surface area contributed by atoms with Crippen LogP contribution in [0.5, 0.6) is 0 Å². The average molecular weight is 179 g/mol. The van der Waals surface area contributed by atoms with Gasteiger partial charge in [0.05, 0.1) is 0 Å². The summed E-state index contributed by atoms with van der Waals surface area (Å²) >= 11 is 0. The van der Waals surface area contributed by atoms with Gasteiger partial charge in [-0.2, -0.15) is 0 Å². The highest BCUT2D eigenvalue weighted by molar-refractivity contribution is 6.32. The third-order valence-corrected chi connectivity index (χ3v) is 1.94. The summed E-state index contributed by atoms with van der Waals surface area (Å²) in [5, 5.41) is 3.29. The minimum atomic E-state index is -0.131. The zero-order valence-electron chi connectivity index (χ0n) is 8.39. The van der Waals surface area contributed by atoms with Crippen LogP contribution in [0.25, 0.3) is 0 Å². The predicted molar refractivity (Wildman–Crippen MR) is 56.6 cm³/mol. The fraction of sp³-hybridized carbons (Fsp3) is 0.400. The molecule has 0 spiro atoms. The quantitative estimate of drug-likeness (QED) is 0.669. The molecular formula is C10H15BFN. The lowest BCUT2D eigenvalue weighted by Crippen LogP contribution is -2.22. The van der Waals surface area contributed by atoms with Crippen molar-refractivity contribution in [2.24, 2.45) is 0 Å². The van der Waals surface area contributed by atoms with Gasteiger partial charge in [-0.1, -0.05) is 31.4 Å². The highest BCUT2D eigenvalue weighted by Gasteiger charge is 1.99. The van der Waals surface area contributed by atoms with Crippen molar-refractivity contribution in [3.05, 3.63) is 29.6 Å². The lowest BCUT2D eigenvalue weighted by Gasteiger charge is -2.08. The van der Waals surface area contributed by atoms with Crippen LogP contribution in [0.2, 0.25) is 0 Å². The maximum absolute atomic E-state index is 12.9. The van der Waals surface area contributed by atoms with E-state index in [-0.39, 0.29) is 5.82 Å². The van der Waals surface area contributed by atoms with E-state index >= 15 is 0 Å². The molecule has 0 unspecified atom stereocenters. The number of hydrogen-bond acceptors (Lipinski definition) is 1. The largest absolute Gasteiger partial charge is 0.310 e. The van der Waals surface area contributed by atoms with E-state index in [1.54, 1.807) is 7.85 Å². The van der Waals surface area contributed by atoms with Crippen LogP contribution < -0.4 is 10.8 Å². The SMILES string of the molecule is Bc1cc(CNC(C)C)ccc1F.